The van der Waals surface area contributed by atoms with E-state index in [2.05, 4.69) is 24.3 Å². The molecular weight excluding hydrogens is 184 g/mol. The fraction of sp³-hybridized carbons (Fsp3) is 0.200. The highest BCUT2D eigenvalue weighted by atomic mass is 16.4. The van der Waals surface area contributed by atoms with Crippen molar-refractivity contribution in [1.29, 1.82) is 0 Å². The van der Waals surface area contributed by atoms with Crippen LogP contribution in [0.4, 0.5) is 0 Å². The van der Waals surface area contributed by atoms with Gasteiger partial charge in [-0.2, -0.15) is 0 Å². The van der Waals surface area contributed by atoms with Crippen LogP contribution < -0.4 is 0 Å². The first-order valence-corrected chi connectivity index (χ1v) is 4.08. The van der Waals surface area contributed by atoms with Crippen molar-refractivity contribution in [2.45, 2.75) is 12.8 Å². The Bertz CT molecular complexity index is 246. The molecule has 0 aromatic rings. The first-order valence-electron chi connectivity index (χ1n) is 4.08. The molecule has 0 atom stereocenters. The van der Waals surface area contributed by atoms with E-state index >= 15 is 0 Å². The van der Waals surface area contributed by atoms with Crippen LogP contribution in [0, 0.1) is 0 Å². The Morgan fingerprint density at radius 3 is 1.43 bits per heavy atom. The van der Waals surface area contributed by atoms with Gasteiger partial charge in [0.15, 0.2) is 0 Å². The predicted octanol–water partition coefficient (Wildman–Crippen LogP) is 1.60. The van der Waals surface area contributed by atoms with Crippen molar-refractivity contribution in [3.63, 3.8) is 0 Å². The number of aliphatic carboxylic acids is 2. The molecule has 14 heavy (non-hydrogen) atoms. The maximum atomic E-state index is 9.55. The van der Waals surface area contributed by atoms with Gasteiger partial charge in [0.05, 0.1) is 0 Å². The molecule has 0 unspecified atom stereocenters. The highest BCUT2D eigenvalue weighted by molar-refractivity contribution is 5.89. The second-order valence-electron chi connectivity index (χ2n) is 2.44. The molecular formula is C10H12O4. The van der Waals surface area contributed by atoms with Crippen LogP contribution in [0.3, 0.4) is 0 Å². The largest absolute Gasteiger partial charge is 0.478 e. The summed E-state index contributed by atoms with van der Waals surface area (Å²) in [6, 6.07) is 0. The summed E-state index contributed by atoms with van der Waals surface area (Å²) in [6.45, 7) is 0. The van der Waals surface area contributed by atoms with Crippen molar-refractivity contribution in [1.82, 2.24) is 0 Å². The molecule has 0 spiro atoms. The fourth-order valence-corrected chi connectivity index (χ4v) is 0.685. The third kappa shape index (κ3) is 10.2. The Balaban J connectivity index is 0.000000249. The molecule has 4 nitrogen and oxygen atoms in total. The Morgan fingerprint density at radius 1 is 0.929 bits per heavy atom. The molecule has 4 heteroatoms. The highest BCUT2D eigenvalue weighted by Crippen LogP contribution is 1.98. The molecule has 1 rings (SSSR count). The third-order valence-electron chi connectivity index (χ3n) is 1.25. The van der Waals surface area contributed by atoms with E-state index in [4.69, 9.17) is 10.2 Å². The summed E-state index contributed by atoms with van der Waals surface area (Å²) in [5.74, 6) is -2.51. The zero-order valence-corrected chi connectivity index (χ0v) is 7.59. The Kier molecular flexibility index (Phi) is 6.77. The van der Waals surface area contributed by atoms with Crippen molar-refractivity contribution >= 4 is 11.9 Å². The smallest absolute Gasteiger partial charge is 0.328 e. The van der Waals surface area contributed by atoms with Crippen LogP contribution >= 0.6 is 0 Å². The quantitative estimate of drug-likeness (QED) is 0.658. The third-order valence-corrected chi connectivity index (χ3v) is 1.25. The Morgan fingerprint density at radius 2 is 1.29 bits per heavy atom. The van der Waals surface area contributed by atoms with E-state index < -0.39 is 11.9 Å². The molecule has 0 aliphatic heterocycles. The van der Waals surface area contributed by atoms with Gasteiger partial charge >= 0.3 is 11.9 Å². The summed E-state index contributed by atoms with van der Waals surface area (Å²) < 4.78 is 0. The van der Waals surface area contributed by atoms with Gasteiger partial charge < -0.3 is 10.2 Å². The second-order valence-corrected chi connectivity index (χ2v) is 2.44. The van der Waals surface area contributed by atoms with E-state index in [0.717, 1.165) is 0 Å². The van der Waals surface area contributed by atoms with E-state index in [0.29, 0.717) is 12.2 Å². The summed E-state index contributed by atoms with van der Waals surface area (Å²) in [5, 5.41) is 15.6. The Hall–Kier alpha value is -1.84. The number of carboxylic acid groups (broad SMARTS) is 2. The first-order chi connectivity index (χ1) is 6.63. The molecule has 0 saturated heterocycles. The molecule has 0 aromatic heterocycles. The number of rotatable bonds is 2. The summed E-state index contributed by atoms with van der Waals surface area (Å²) in [4.78, 5) is 19.1. The topological polar surface area (TPSA) is 74.6 Å². The van der Waals surface area contributed by atoms with Gasteiger partial charge in [0.1, 0.15) is 0 Å². The second kappa shape index (κ2) is 7.79. The van der Waals surface area contributed by atoms with E-state index in [1.165, 1.54) is 12.8 Å². The normalized spacial score (nSPS) is 13.4. The number of hydrogen-bond donors (Lipinski definition) is 2. The molecule has 0 saturated carbocycles. The van der Waals surface area contributed by atoms with Crippen LogP contribution in [0.25, 0.3) is 0 Å². The average Bonchev–Trinajstić information content (AvgIpc) is 2.18. The standard InChI is InChI=1S/C6H8.C4H4O4/c1-2-4-6-5-3-1;5-3(6)1-2-4(7)8/h1-4H,5-6H2;1-2H,(H,5,6)(H,7,8)/b;2-1-. The molecule has 0 bridgehead atoms. The van der Waals surface area contributed by atoms with E-state index in [1.54, 1.807) is 0 Å². The van der Waals surface area contributed by atoms with E-state index in [1.807, 2.05) is 0 Å². The maximum absolute atomic E-state index is 9.55. The SMILES string of the molecule is C1=CCCC=C1.O=C(O)/C=C\C(=O)O. The monoisotopic (exact) mass is 196 g/mol. The van der Waals surface area contributed by atoms with Crippen molar-refractivity contribution in [2.24, 2.45) is 0 Å². The average molecular weight is 196 g/mol. The van der Waals surface area contributed by atoms with Gasteiger partial charge in [0.2, 0.25) is 0 Å². The minimum atomic E-state index is -1.26. The molecule has 0 amide bonds. The van der Waals surface area contributed by atoms with Gasteiger partial charge in [0.25, 0.3) is 0 Å². The van der Waals surface area contributed by atoms with E-state index in [9.17, 15) is 9.59 Å². The van der Waals surface area contributed by atoms with Gasteiger partial charge in [-0.15, -0.1) is 0 Å². The van der Waals surface area contributed by atoms with Gasteiger partial charge in [0, 0.05) is 12.2 Å². The van der Waals surface area contributed by atoms with Crippen LogP contribution in [-0.2, 0) is 9.59 Å². The lowest BCUT2D eigenvalue weighted by Crippen LogP contribution is -1.91. The van der Waals surface area contributed by atoms with Crippen molar-refractivity contribution < 1.29 is 19.8 Å². The van der Waals surface area contributed by atoms with Gasteiger partial charge in [-0.3, -0.25) is 0 Å². The molecule has 0 aromatic carbocycles. The van der Waals surface area contributed by atoms with Crippen molar-refractivity contribution in [3.05, 3.63) is 36.5 Å². The summed E-state index contributed by atoms with van der Waals surface area (Å²) in [5.41, 5.74) is 0. The fourth-order valence-electron chi connectivity index (χ4n) is 0.685. The molecule has 1 aliphatic rings. The zero-order chi connectivity index (χ0) is 10.8. The molecule has 0 fully saturated rings. The predicted molar refractivity (Wildman–Crippen MR) is 51.9 cm³/mol. The minimum Gasteiger partial charge on any atom is -0.478 e. The lowest BCUT2D eigenvalue weighted by atomic mass is 10.2. The molecule has 0 radical (unpaired) electrons. The summed E-state index contributed by atoms with van der Waals surface area (Å²) >= 11 is 0. The number of carboxylic acids is 2. The Labute approximate surface area is 81.9 Å². The molecule has 2 N–H and O–H groups in total. The first kappa shape index (κ1) is 12.2. The van der Waals surface area contributed by atoms with Crippen LogP contribution in [0.15, 0.2) is 36.5 Å². The van der Waals surface area contributed by atoms with Gasteiger partial charge in [-0.1, -0.05) is 24.3 Å². The number of hydrogen-bond acceptors (Lipinski definition) is 2. The molecule has 76 valence electrons. The van der Waals surface area contributed by atoms with Gasteiger partial charge in [-0.05, 0) is 12.8 Å². The minimum absolute atomic E-state index is 0.558. The highest BCUT2D eigenvalue weighted by Gasteiger charge is 1.88. The maximum Gasteiger partial charge on any atom is 0.328 e. The van der Waals surface area contributed by atoms with Gasteiger partial charge in [-0.25, -0.2) is 9.59 Å². The van der Waals surface area contributed by atoms with Crippen molar-refractivity contribution in [3.8, 4) is 0 Å². The van der Waals surface area contributed by atoms with E-state index in [-0.39, 0.29) is 0 Å². The van der Waals surface area contributed by atoms with Crippen molar-refractivity contribution in [2.75, 3.05) is 0 Å². The van der Waals surface area contributed by atoms with Crippen LogP contribution in [0.1, 0.15) is 12.8 Å². The molecule has 1 aliphatic carbocycles. The van der Waals surface area contributed by atoms with Crippen LogP contribution in [0.5, 0.6) is 0 Å². The summed E-state index contributed by atoms with van der Waals surface area (Å²) in [7, 11) is 0. The molecule has 0 heterocycles. The van der Waals surface area contributed by atoms with Crippen LogP contribution in [-0.4, -0.2) is 22.2 Å². The lowest BCUT2D eigenvalue weighted by Gasteiger charge is -1.88. The zero-order valence-electron chi connectivity index (χ0n) is 7.59. The number of allylic oxidation sites excluding steroid dienone is 4. The van der Waals surface area contributed by atoms with Crippen LogP contribution in [0.2, 0.25) is 0 Å². The lowest BCUT2D eigenvalue weighted by molar-refractivity contribution is -0.134. The summed E-state index contributed by atoms with van der Waals surface area (Å²) in [6.07, 6.45) is 12.1. The number of carbonyl (C=O) groups is 2.